The minimum absolute atomic E-state index is 0.581. The van der Waals surface area contributed by atoms with Gasteiger partial charge in [0, 0.05) is 25.2 Å². The van der Waals surface area contributed by atoms with Gasteiger partial charge in [0.05, 0.1) is 32.1 Å². The molecule has 0 bridgehead atoms. The van der Waals surface area contributed by atoms with E-state index in [1.807, 2.05) is 32.0 Å². The van der Waals surface area contributed by atoms with Gasteiger partial charge in [-0.3, -0.25) is 4.90 Å². The molecule has 2 heterocycles. The standard InChI is InChI=1S/C18H24N2O4/c1-3-22-16-6-5-14(11-17(16)23-4-2)18-19-15(13-24-18)12-20-7-9-21-10-8-20/h5-6,11,13H,3-4,7-10,12H2,1-2H3. The van der Waals surface area contributed by atoms with E-state index in [0.717, 1.165) is 49.9 Å². The second kappa shape index (κ2) is 8.17. The number of ether oxygens (including phenoxy) is 3. The van der Waals surface area contributed by atoms with Crippen LogP contribution in [-0.2, 0) is 11.3 Å². The number of hydrogen-bond acceptors (Lipinski definition) is 6. The van der Waals surface area contributed by atoms with Crippen LogP contribution in [0.15, 0.2) is 28.9 Å². The Kier molecular flexibility index (Phi) is 5.72. The summed E-state index contributed by atoms with van der Waals surface area (Å²) in [5.41, 5.74) is 1.81. The van der Waals surface area contributed by atoms with Gasteiger partial charge in [0.25, 0.3) is 0 Å². The molecule has 130 valence electrons. The lowest BCUT2D eigenvalue weighted by atomic mass is 10.2. The number of benzene rings is 1. The molecule has 1 aromatic carbocycles. The second-order valence-electron chi connectivity index (χ2n) is 5.56. The van der Waals surface area contributed by atoms with Crippen molar-refractivity contribution in [3.05, 3.63) is 30.2 Å². The average Bonchev–Trinajstić information content (AvgIpc) is 3.06. The summed E-state index contributed by atoms with van der Waals surface area (Å²) >= 11 is 0. The molecule has 0 radical (unpaired) electrons. The molecule has 1 fully saturated rings. The first-order valence-corrected chi connectivity index (χ1v) is 8.44. The van der Waals surface area contributed by atoms with E-state index in [2.05, 4.69) is 9.88 Å². The largest absolute Gasteiger partial charge is 0.490 e. The van der Waals surface area contributed by atoms with Crippen molar-refractivity contribution in [2.75, 3.05) is 39.5 Å². The van der Waals surface area contributed by atoms with Crippen LogP contribution in [-0.4, -0.2) is 49.4 Å². The third kappa shape index (κ3) is 4.07. The predicted molar refractivity (Wildman–Crippen MR) is 90.4 cm³/mol. The molecule has 6 nitrogen and oxygen atoms in total. The molecule has 1 aliphatic heterocycles. The molecule has 3 rings (SSSR count). The lowest BCUT2D eigenvalue weighted by Crippen LogP contribution is -2.35. The molecule has 24 heavy (non-hydrogen) atoms. The normalized spacial score (nSPS) is 15.4. The van der Waals surface area contributed by atoms with Crippen molar-refractivity contribution in [2.45, 2.75) is 20.4 Å². The van der Waals surface area contributed by atoms with Crippen LogP contribution in [0.4, 0.5) is 0 Å². The second-order valence-corrected chi connectivity index (χ2v) is 5.56. The summed E-state index contributed by atoms with van der Waals surface area (Å²) in [5, 5.41) is 0. The van der Waals surface area contributed by atoms with E-state index in [-0.39, 0.29) is 0 Å². The number of morpholine rings is 1. The lowest BCUT2D eigenvalue weighted by molar-refractivity contribution is 0.0336. The summed E-state index contributed by atoms with van der Waals surface area (Å²) in [6.45, 7) is 9.29. The zero-order valence-electron chi connectivity index (χ0n) is 14.3. The van der Waals surface area contributed by atoms with Gasteiger partial charge >= 0.3 is 0 Å². The number of rotatable bonds is 7. The summed E-state index contributed by atoms with van der Waals surface area (Å²) in [4.78, 5) is 6.92. The molecule has 0 atom stereocenters. The van der Waals surface area contributed by atoms with Crippen LogP contribution in [0.3, 0.4) is 0 Å². The molecule has 1 aliphatic rings. The quantitative estimate of drug-likeness (QED) is 0.777. The van der Waals surface area contributed by atoms with E-state index < -0.39 is 0 Å². The maximum atomic E-state index is 5.66. The summed E-state index contributed by atoms with van der Waals surface area (Å²) in [6, 6.07) is 5.76. The highest BCUT2D eigenvalue weighted by Gasteiger charge is 2.15. The number of oxazole rings is 1. The van der Waals surface area contributed by atoms with Crippen molar-refractivity contribution in [3.63, 3.8) is 0 Å². The van der Waals surface area contributed by atoms with Crippen molar-refractivity contribution >= 4 is 0 Å². The van der Waals surface area contributed by atoms with Crippen LogP contribution in [0.1, 0.15) is 19.5 Å². The van der Waals surface area contributed by atoms with Crippen molar-refractivity contribution in [3.8, 4) is 23.0 Å². The number of hydrogen-bond donors (Lipinski definition) is 0. The first-order valence-electron chi connectivity index (χ1n) is 8.44. The topological polar surface area (TPSA) is 57.0 Å². The molecule has 0 N–H and O–H groups in total. The van der Waals surface area contributed by atoms with E-state index in [0.29, 0.717) is 24.9 Å². The highest BCUT2D eigenvalue weighted by atomic mass is 16.5. The molecule has 0 unspecified atom stereocenters. The highest BCUT2D eigenvalue weighted by molar-refractivity contribution is 5.60. The van der Waals surface area contributed by atoms with Gasteiger partial charge in [-0.15, -0.1) is 0 Å². The SMILES string of the molecule is CCOc1ccc(-c2nc(CN3CCOCC3)co2)cc1OCC. The van der Waals surface area contributed by atoms with Gasteiger partial charge in [0.1, 0.15) is 6.26 Å². The maximum absolute atomic E-state index is 5.66. The summed E-state index contributed by atoms with van der Waals surface area (Å²) in [5.74, 6) is 2.05. The minimum Gasteiger partial charge on any atom is -0.490 e. The Morgan fingerprint density at radius 2 is 1.83 bits per heavy atom. The van der Waals surface area contributed by atoms with Crippen LogP contribution >= 0.6 is 0 Å². The summed E-state index contributed by atoms with van der Waals surface area (Å²) in [6.07, 6.45) is 1.72. The van der Waals surface area contributed by atoms with Crippen LogP contribution in [0, 0.1) is 0 Å². The van der Waals surface area contributed by atoms with E-state index in [1.165, 1.54) is 0 Å². The van der Waals surface area contributed by atoms with Gasteiger partial charge in [-0.25, -0.2) is 4.98 Å². The lowest BCUT2D eigenvalue weighted by Gasteiger charge is -2.25. The Morgan fingerprint density at radius 3 is 2.58 bits per heavy atom. The van der Waals surface area contributed by atoms with Gasteiger partial charge in [-0.2, -0.15) is 0 Å². The smallest absolute Gasteiger partial charge is 0.226 e. The third-order valence-corrected chi connectivity index (χ3v) is 3.83. The number of nitrogens with zero attached hydrogens (tertiary/aromatic N) is 2. The third-order valence-electron chi connectivity index (χ3n) is 3.83. The first-order chi connectivity index (χ1) is 11.8. The Morgan fingerprint density at radius 1 is 1.08 bits per heavy atom. The zero-order chi connectivity index (χ0) is 16.8. The molecule has 2 aromatic rings. The van der Waals surface area contributed by atoms with E-state index >= 15 is 0 Å². The van der Waals surface area contributed by atoms with Crippen LogP contribution in [0.25, 0.3) is 11.5 Å². The molecule has 0 saturated carbocycles. The van der Waals surface area contributed by atoms with Crippen molar-refractivity contribution < 1.29 is 18.6 Å². The van der Waals surface area contributed by atoms with Gasteiger partial charge < -0.3 is 18.6 Å². The average molecular weight is 332 g/mol. The molecular weight excluding hydrogens is 308 g/mol. The molecule has 0 spiro atoms. The molecule has 0 aliphatic carbocycles. The Labute approximate surface area is 142 Å². The van der Waals surface area contributed by atoms with Crippen molar-refractivity contribution in [1.29, 1.82) is 0 Å². The van der Waals surface area contributed by atoms with Crippen molar-refractivity contribution in [1.82, 2.24) is 9.88 Å². The Bertz CT molecular complexity index is 650. The van der Waals surface area contributed by atoms with Crippen LogP contribution in [0.5, 0.6) is 11.5 Å². The van der Waals surface area contributed by atoms with Gasteiger partial charge in [-0.05, 0) is 32.0 Å². The van der Waals surface area contributed by atoms with Crippen molar-refractivity contribution in [2.24, 2.45) is 0 Å². The van der Waals surface area contributed by atoms with E-state index in [9.17, 15) is 0 Å². The van der Waals surface area contributed by atoms with Crippen LogP contribution in [0.2, 0.25) is 0 Å². The summed E-state index contributed by atoms with van der Waals surface area (Å²) in [7, 11) is 0. The summed E-state index contributed by atoms with van der Waals surface area (Å²) < 4.78 is 22.3. The molecule has 1 saturated heterocycles. The van der Waals surface area contributed by atoms with Gasteiger partial charge in [0.15, 0.2) is 11.5 Å². The fourth-order valence-corrected chi connectivity index (χ4v) is 2.68. The minimum atomic E-state index is 0.581. The predicted octanol–water partition coefficient (Wildman–Crippen LogP) is 2.97. The van der Waals surface area contributed by atoms with Gasteiger partial charge in [-0.1, -0.05) is 0 Å². The van der Waals surface area contributed by atoms with Gasteiger partial charge in [0.2, 0.25) is 5.89 Å². The van der Waals surface area contributed by atoms with E-state index in [4.69, 9.17) is 18.6 Å². The molecular formula is C18H24N2O4. The molecule has 6 heteroatoms. The molecule has 1 aromatic heterocycles. The Balaban J connectivity index is 1.75. The molecule has 0 amide bonds. The maximum Gasteiger partial charge on any atom is 0.226 e. The first kappa shape index (κ1) is 16.8. The highest BCUT2D eigenvalue weighted by Crippen LogP contribution is 2.32. The zero-order valence-corrected chi connectivity index (χ0v) is 14.3. The fourth-order valence-electron chi connectivity index (χ4n) is 2.68. The fraction of sp³-hybridized carbons (Fsp3) is 0.500. The number of aromatic nitrogens is 1. The van der Waals surface area contributed by atoms with E-state index in [1.54, 1.807) is 6.26 Å². The Hall–Kier alpha value is -2.05. The van der Waals surface area contributed by atoms with Crippen LogP contribution < -0.4 is 9.47 Å². The monoisotopic (exact) mass is 332 g/mol.